The van der Waals surface area contributed by atoms with Gasteiger partial charge < -0.3 is 0 Å². The van der Waals surface area contributed by atoms with Gasteiger partial charge in [-0.25, -0.2) is 9.67 Å². The van der Waals surface area contributed by atoms with Gasteiger partial charge in [0.2, 0.25) is 5.91 Å². The maximum atomic E-state index is 12.8. The van der Waals surface area contributed by atoms with Crippen molar-refractivity contribution < 1.29 is 9.59 Å². The van der Waals surface area contributed by atoms with E-state index in [9.17, 15) is 14.4 Å². The van der Waals surface area contributed by atoms with Gasteiger partial charge in [0.1, 0.15) is 5.01 Å². The Balaban J connectivity index is 1.47. The van der Waals surface area contributed by atoms with Crippen LogP contribution < -0.4 is 16.4 Å². The van der Waals surface area contributed by atoms with Crippen molar-refractivity contribution in [2.24, 2.45) is 0 Å². The SMILES string of the molecule is CC(C)n1nc(C(=O)NNC(=O)Cc2csc(-c3ccccc3)n2)c2ccccc2c1=O. The Hall–Kier alpha value is -3.85. The quantitative estimate of drug-likeness (QED) is 0.457. The molecule has 2 amide bonds. The zero-order chi connectivity index (χ0) is 22.7. The molecule has 0 fully saturated rings. The number of aromatic nitrogens is 3. The monoisotopic (exact) mass is 447 g/mol. The summed E-state index contributed by atoms with van der Waals surface area (Å²) in [6, 6.07) is 16.2. The first-order valence-electron chi connectivity index (χ1n) is 10.0. The molecule has 2 aromatic heterocycles. The summed E-state index contributed by atoms with van der Waals surface area (Å²) in [4.78, 5) is 42.2. The smallest absolute Gasteiger partial charge is 0.273 e. The second kappa shape index (κ2) is 9.11. The van der Waals surface area contributed by atoms with Crippen LogP contribution in [0, 0.1) is 0 Å². The molecule has 2 N–H and O–H groups in total. The molecule has 0 saturated carbocycles. The number of hydrogen-bond donors (Lipinski definition) is 2. The van der Waals surface area contributed by atoms with Gasteiger partial charge in [-0.2, -0.15) is 5.10 Å². The van der Waals surface area contributed by atoms with E-state index in [4.69, 9.17) is 0 Å². The summed E-state index contributed by atoms with van der Waals surface area (Å²) in [7, 11) is 0. The Morgan fingerprint density at radius 1 is 1.00 bits per heavy atom. The first-order chi connectivity index (χ1) is 15.4. The molecule has 8 nitrogen and oxygen atoms in total. The van der Waals surface area contributed by atoms with Crippen molar-refractivity contribution in [1.29, 1.82) is 0 Å². The molecular weight excluding hydrogens is 426 g/mol. The minimum absolute atomic E-state index is 0.0171. The fourth-order valence-corrected chi connectivity index (χ4v) is 4.05. The Labute approximate surface area is 187 Å². The lowest BCUT2D eigenvalue weighted by Gasteiger charge is -2.13. The summed E-state index contributed by atoms with van der Waals surface area (Å²) < 4.78 is 1.26. The van der Waals surface area contributed by atoms with E-state index in [1.165, 1.54) is 16.0 Å². The summed E-state index contributed by atoms with van der Waals surface area (Å²) in [5.41, 5.74) is 6.19. The van der Waals surface area contributed by atoms with Crippen LogP contribution in [0.15, 0.2) is 64.8 Å². The maximum absolute atomic E-state index is 12.8. The molecule has 0 unspecified atom stereocenters. The highest BCUT2D eigenvalue weighted by atomic mass is 32.1. The van der Waals surface area contributed by atoms with Gasteiger partial charge in [0.25, 0.3) is 11.5 Å². The van der Waals surface area contributed by atoms with Crippen molar-refractivity contribution in [2.45, 2.75) is 26.3 Å². The van der Waals surface area contributed by atoms with E-state index >= 15 is 0 Å². The molecule has 0 bridgehead atoms. The fraction of sp³-hybridized carbons (Fsp3) is 0.174. The van der Waals surface area contributed by atoms with Crippen molar-refractivity contribution in [3.05, 3.63) is 81.7 Å². The Kier molecular flexibility index (Phi) is 6.09. The molecule has 0 aliphatic carbocycles. The van der Waals surface area contributed by atoms with Gasteiger partial charge in [-0.05, 0) is 19.9 Å². The number of nitrogens with zero attached hydrogens (tertiary/aromatic N) is 3. The highest BCUT2D eigenvalue weighted by molar-refractivity contribution is 7.13. The summed E-state index contributed by atoms with van der Waals surface area (Å²) in [6.45, 7) is 3.62. The number of carbonyl (C=O) groups excluding carboxylic acids is 2. The van der Waals surface area contributed by atoms with Gasteiger partial charge in [-0.1, -0.05) is 48.5 Å². The number of nitrogens with one attached hydrogen (secondary N) is 2. The molecule has 2 heterocycles. The minimum atomic E-state index is -0.604. The summed E-state index contributed by atoms with van der Waals surface area (Å²) >= 11 is 1.45. The molecule has 2 aromatic carbocycles. The van der Waals surface area contributed by atoms with E-state index in [0.717, 1.165) is 10.6 Å². The van der Waals surface area contributed by atoms with Gasteiger partial charge in [-0.3, -0.25) is 25.2 Å². The van der Waals surface area contributed by atoms with Crippen LogP contribution in [0.2, 0.25) is 0 Å². The molecule has 0 aliphatic rings. The highest BCUT2D eigenvalue weighted by Crippen LogP contribution is 2.23. The number of hydrazine groups is 1. The third-order valence-corrected chi connectivity index (χ3v) is 5.70. The molecule has 32 heavy (non-hydrogen) atoms. The van der Waals surface area contributed by atoms with E-state index in [0.29, 0.717) is 16.5 Å². The van der Waals surface area contributed by atoms with Crippen molar-refractivity contribution in [3.8, 4) is 10.6 Å². The maximum Gasteiger partial charge on any atom is 0.290 e. The lowest BCUT2D eigenvalue weighted by atomic mass is 10.1. The zero-order valence-electron chi connectivity index (χ0n) is 17.5. The largest absolute Gasteiger partial charge is 0.290 e. The first-order valence-corrected chi connectivity index (χ1v) is 10.9. The van der Waals surface area contributed by atoms with Crippen LogP contribution in [0.5, 0.6) is 0 Å². The predicted octanol–water partition coefficient (Wildman–Crippen LogP) is 3.10. The lowest BCUT2D eigenvalue weighted by molar-refractivity contribution is -0.121. The topological polar surface area (TPSA) is 106 Å². The Bertz CT molecular complexity index is 1340. The number of carbonyl (C=O) groups is 2. The molecule has 0 saturated heterocycles. The number of amides is 2. The first kappa shape index (κ1) is 21.4. The number of thiazole rings is 1. The van der Waals surface area contributed by atoms with Crippen LogP contribution in [0.25, 0.3) is 21.3 Å². The molecule has 0 aliphatic heterocycles. The van der Waals surface area contributed by atoms with Crippen LogP contribution in [-0.4, -0.2) is 26.6 Å². The summed E-state index contributed by atoms with van der Waals surface area (Å²) in [5, 5.41) is 7.69. The van der Waals surface area contributed by atoms with Gasteiger partial charge in [0.15, 0.2) is 5.69 Å². The van der Waals surface area contributed by atoms with Crippen LogP contribution >= 0.6 is 11.3 Å². The van der Waals surface area contributed by atoms with Gasteiger partial charge in [0, 0.05) is 16.3 Å². The molecule has 4 rings (SSSR count). The van der Waals surface area contributed by atoms with Crippen LogP contribution in [0.3, 0.4) is 0 Å². The van der Waals surface area contributed by atoms with Crippen molar-refractivity contribution in [2.75, 3.05) is 0 Å². The zero-order valence-corrected chi connectivity index (χ0v) is 18.3. The number of hydrogen-bond acceptors (Lipinski definition) is 6. The molecule has 4 aromatic rings. The standard InChI is InChI=1S/C23H21N5O3S/c1-14(2)28-23(31)18-11-7-6-10-17(18)20(27-28)21(30)26-25-19(29)12-16-13-32-22(24-16)15-8-4-3-5-9-15/h3-11,13-14H,12H2,1-2H3,(H,25,29)(H,26,30). The number of benzene rings is 2. The van der Waals surface area contributed by atoms with Crippen LogP contribution in [0.4, 0.5) is 0 Å². The second-order valence-corrected chi connectivity index (χ2v) is 8.28. The van der Waals surface area contributed by atoms with Crippen molar-refractivity contribution in [3.63, 3.8) is 0 Å². The van der Waals surface area contributed by atoms with E-state index in [1.807, 2.05) is 49.6 Å². The summed E-state index contributed by atoms with van der Waals surface area (Å²) in [5.74, 6) is -1.02. The van der Waals surface area contributed by atoms with Gasteiger partial charge in [0.05, 0.1) is 23.5 Å². The van der Waals surface area contributed by atoms with Crippen LogP contribution in [-0.2, 0) is 11.2 Å². The summed E-state index contributed by atoms with van der Waals surface area (Å²) in [6.07, 6.45) is 0.0171. The molecule has 9 heteroatoms. The number of fused-ring (bicyclic) bond motifs is 1. The predicted molar refractivity (Wildman–Crippen MR) is 123 cm³/mol. The average Bonchev–Trinajstić information content (AvgIpc) is 3.26. The van der Waals surface area contributed by atoms with E-state index in [-0.39, 0.29) is 23.7 Å². The Morgan fingerprint density at radius 3 is 2.41 bits per heavy atom. The van der Waals surface area contributed by atoms with E-state index in [1.54, 1.807) is 24.3 Å². The number of rotatable bonds is 5. The molecule has 0 radical (unpaired) electrons. The Morgan fingerprint density at radius 2 is 1.69 bits per heavy atom. The van der Waals surface area contributed by atoms with Gasteiger partial charge >= 0.3 is 0 Å². The van der Waals surface area contributed by atoms with Crippen molar-refractivity contribution in [1.82, 2.24) is 25.6 Å². The molecular formula is C23H21N5O3S. The third-order valence-electron chi connectivity index (χ3n) is 4.76. The van der Waals surface area contributed by atoms with E-state index < -0.39 is 11.8 Å². The van der Waals surface area contributed by atoms with Crippen molar-refractivity contribution >= 4 is 33.9 Å². The lowest BCUT2D eigenvalue weighted by Crippen LogP contribution is -2.43. The average molecular weight is 448 g/mol. The third kappa shape index (κ3) is 4.42. The van der Waals surface area contributed by atoms with E-state index in [2.05, 4.69) is 20.9 Å². The normalized spacial score (nSPS) is 11.0. The van der Waals surface area contributed by atoms with Crippen LogP contribution in [0.1, 0.15) is 36.1 Å². The second-order valence-electron chi connectivity index (χ2n) is 7.43. The molecule has 0 atom stereocenters. The van der Waals surface area contributed by atoms with Gasteiger partial charge in [-0.15, -0.1) is 11.3 Å². The molecule has 0 spiro atoms. The minimum Gasteiger partial charge on any atom is -0.273 e. The molecule has 162 valence electrons. The fourth-order valence-electron chi connectivity index (χ4n) is 3.22. The highest BCUT2D eigenvalue weighted by Gasteiger charge is 2.18.